The predicted molar refractivity (Wildman–Crippen MR) is 110 cm³/mol. The van der Waals surface area contributed by atoms with Gasteiger partial charge in [-0.15, -0.1) is 0 Å². The van der Waals surface area contributed by atoms with E-state index in [0.29, 0.717) is 42.0 Å². The van der Waals surface area contributed by atoms with Crippen LogP contribution in [0.1, 0.15) is 68.9 Å². The lowest BCUT2D eigenvalue weighted by molar-refractivity contribution is -0.0558. The molecule has 6 rings (SSSR count). The minimum Gasteiger partial charge on any atom is -0.393 e. The monoisotopic (exact) mass is 417 g/mol. The molecule has 0 bridgehead atoms. The first-order valence-corrected chi connectivity index (χ1v) is 12.7. The Morgan fingerprint density at radius 1 is 1.21 bits per heavy atom. The molecule has 158 valence electrons. The minimum atomic E-state index is -3.69. The van der Waals surface area contributed by atoms with Crippen LogP contribution in [-0.4, -0.2) is 37.0 Å². The zero-order chi connectivity index (χ0) is 20.0. The molecule has 5 nitrogen and oxygen atoms in total. The third-order valence-electron chi connectivity index (χ3n) is 9.40. The van der Waals surface area contributed by atoms with Gasteiger partial charge in [0, 0.05) is 13.1 Å². The number of benzene rings is 1. The molecule has 1 spiro atoms. The van der Waals surface area contributed by atoms with Crippen molar-refractivity contribution in [1.29, 1.82) is 0 Å². The number of hydrogen-bond donors (Lipinski definition) is 1. The number of aliphatic hydroxyl groups excluding tert-OH is 1. The van der Waals surface area contributed by atoms with Crippen LogP contribution in [0, 0.1) is 22.7 Å². The Morgan fingerprint density at radius 3 is 2.79 bits per heavy atom. The Hall–Kier alpha value is -1.11. The van der Waals surface area contributed by atoms with Gasteiger partial charge in [-0.05, 0) is 103 Å². The van der Waals surface area contributed by atoms with Crippen molar-refractivity contribution in [3.63, 3.8) is 0 Å². The molecule has 4 fully saturated rings. The van der Waals surface area contributed by atoms with Crippen LogP contribution in [0.2, 0.25) is 0 Å². The Kier molecular flexibility index (Phi) is 3.85. The van der Waals surface area contributed by atoms with Gasteiger partial charge < -0.3 is 9.29 Å². The number of rotatable bonds is 3. The summed E-state index contributed by atoms with van der Waals surface area (Å²) in [4.78, 5) is 0. The van der Waals surface area contributed by atoms with Crippen LogP contribution in [0.3, 0.4) is 0 Å². The van der Waals surface area contributed by atoms with Crippen LogP contribution in [0.4, 0.5) is 0 Å². The van der Waals surface area contributed by atoms with E-state index in [-0.39, 0.29) is 11.5 Å². The summed E-state index contributed by atoms with van der Waals surface area (Å²) in [5, 5.41) is 10.7. The number of fused-ring (bicyclic) bond motifs is 3. The molecule has 3 saturated carbocycles. The number of aliphatic hydroxyl groups is 1. The molecule has 6 heteroatoms. The summed E-state index contributed by atoms with van der Waals surface area (Å²) in [6.45, 7) is 3.46. The molecule has 0 aromatic heterocycles. The second-order valence-corrected chi connectivity index (χ2v) is 11.9. The molecule has 29 heavy (non-hydrogen) atoms. The van der Waals surface area contributed by atoms with Gasteiger partial charge in [0.1, 0.15) is 5.75 Å². The second kappa shape index (κ2) is 5.98. The van der Waals surface area contributed by atoms with Gasteiger partial charge in [-0.2, -0.15) is 12.7 Å². The largest absolute Gasteiger partial charge is 0.393 e. The third kappa shape index (κ3) is 2.42. The fourth-order valence-corrected chi connectivity index (χ4v) is 9.07. The van der Waals surface area contributed by atoms with Crippen LogP contribution >= 0.6 is 0 Å². The molecule has 5 aliphatic rings. The van der Waals surface area contributed by atoms with E-state index in [1.165, 1.54) is 21.9 Å². The Morgan fingerprint density at radius 2 is 2.00 bits per heavy atom. The standard InChI is InChI=1S/C23H31NO4S/c1-22-9-8-19-18-6-5-17(28-29(26,27)24-10-2-3-11-24)12-15(18)4-7-20(19)23(22)14-16(23)13-21(22)25/h5-6,12,16,19-21,25H,2-4,7-11,13-14H2,1H3/t16-,19-,20-,21+,22-,23+/m1/s1. The smallest absolute Gasteiger partial charge is 0.385 e. The summed E-state index contributed by atoms with van der Waals surface area (Å²) in [5.74, 6) is 2.38. The third-order valence-corrected chi connectivity index (χ3v) is 10.8. The summed E-state index contributed by atoms with van der Waals surface area (Å²) in [5.41, 5.74) is 3.11. The Balaban J connectivity index is 1.28. The summed E-state index contributed by atoms with van der Waals surface area (Å²) < 4.78 is 32.0. The van der Waals surface area contributed by atoms with Crippen molar-refractivity contribution in [1.82, 2.24) is 4.31 Å². The first-order chi connectivity index (χ1) is 13.8. The molecule has 1 N–H and O–H groups in total. The van der Waals surface area contributed by atoms with E-state index in [2.05, 4.69) is 13.0 Å². The maximum absolute atomic E-state index is 12.5. The molecule has 1 aliphatic heterocycles. The molecular formula is C23H31NO4S. The highest BCUT2D eigenvalue weighted by atomic mass is 32.2. The molecule has 6 atom stereocenters. The topological polar surface area (TPSA) is 66.8 Å². The summed E-state index contributed by atoms with van der Waals surface area (Å²) >= 11 is 0. The van der Waals surface area contributed by atoms with Crippen LogP contribution < -0.4 is 4.18 Å². The van der Waals surface area contributed by atoms with E-state index in [1.54, 1.807) is 0 Å². The van der Waals surface area contributed by atoms with Crippen molar-refractivity contribution in [3.8, 4) is 5.75 Å². The highest BCUT2D eigenvalue weighted by Crippen LogP contribution is 2.81. The maximum Gasteiger partial charge on any atom is 0.385 e. The number of aryl methyl sites for hydroxylation is 1. The summed E-state index contributed by atoms with van der Waals surface area (Å²) in [6.07, 6.45) is 8.35. The van der Waals surface area contributed by atoms with Crippen molar-refractivity contribution in [2.75, 3.05) is 13.1 Å². The second-order valence-electron chi connectivity index (χ2n) is 10.4. The SMILES string of the molecule is C[C@]12CC[C@@H]3c4ccc(OS(=O)(=O)N5CCCC5)cc4CC[C@H]3[C@@]13C[C@H]3C[C@@H]2O. The minimum absolute atomic E-state index is 0.100. The fraction of sp³-hybridized carbons (Fsp3) is 0.739. The number of nitrogens with zero attached hydrogens (tertiary/aromatic N) is 1. The first-order valence-electron chi connectivity index (χ1n) is 11.4. The van der Waals surface area contributed by atoms with Gasteiger partial charge in [0.05, 0.1) is 6.10 Å². The van der Waals surface area contributed by atoms with Gasteiger partial charge >= 0.3 is 10.3 Å². The average Bonchev–Trinajstić information content (AvgIpc) is 3.05. The van der Waals surface area contributed by atoms with Crippen molar-refractivity contribution in [2.24, 2.45) is 22.7 Å². The molecule has 0 amide bonds. The van der Waals surface area contributed by atoms with E-state index >= 15 is 0 Å². The van der Waals surface area contributed by atoms with Crippen LogP contribution in [0.5, 0.6) is 5.75 Å². The van der Waals surface area contributed by atoms with Crippen LogP contribution in [0.15, 0.2) is 18.2 Å². The van der Waals surface area contributed by atoms with Crippen LogP contribution in [0.25, 0.3) is 0 Å². The molecule has 0 unspecified atom stereocenters. The van der Waals surface area contributed by atoms with Crippen molar-refractivity contribution in [2.45, 2.75) is 70.3 Å². The van der Waals surface area contributed by atoms with E-state index < -0.39 is 10.3 Å². The zero-order valence-corrected chi connectivity index (χ0v) is 18.0. The van der Waals surface area contributed by atoms with Gasteiger partial charge in [0.25, 0.3) is 0 Å². The van der Waals surface area contributed by atoms with Crippen LogP contribution in [-0.2, 0) is 16.7 Å². The van der Waals surface area contributed by atoms with Gasteiger partial charge in [-0.25, -0.2) is 0 Å². The Bertz CT molecular complexity index is 956. The zero-order valence-electron chi connectivity index (χ0n) is 17.1. The van der Waals surface area contributed by atoms with Gasteiger partial charge in [0.15, 0.2) is 0 Å². The average molecular weight is 418 g/mol. The molecule has 1 heterocycles. The number of hydrogen-bond acceptors (Lipinski definition) is 4. The van der Waals surface area contributed by atoms with Crippen molar-refractivity contribution in [3.05, 3.63) is 29.3 Å². The maximum atomic E-state index is 12.5. The summed E-state index contributed by atoms with van der Waals surface area (Å²) in [7, 11) is -3.69. The lowest BCUT2D eigenvalue weighted by atomic mass is 9.52. The molecule has 1 aromatic carbocycles. The predicted octanol–water partition coefficient (Wildman–Crippen LogP) is 3.62. The highest BCUT2D eigenvalue weighted by molar-refractivity contribution is 7.84. The first kappa shape index (κ1) is 18.6. The lowest BCUT2D eigenvalue weighted by Crippen LogP contribution is -2.47. The van der Waals surface area contributed by atoms with Gasteiger partial charge in [-0.3, -0.25) is 0 Å². The summed E-state index contributed by atoms with van der Waals surface area (Å²) in [6, 6.07) is 5.95. The normalized spacial score (nSPS) is 43.2. The molecular weight excluding hydrogens is 386 g/mol. The molecule has 1 aromatic rings. The molecule has 4 aliphatic carbocycles. The highest BCUT2D eigenvalue weighted by Gasteiger charge is 2.76. The molecule has 1 saturated heterocycles. The molecule has 0 radical (unpaired) electrons. The Labute approximate surface area is 173 Å². The van der Waals surface area contributed by atoms with Gasteiger partial charge in [-0.1, -0.05) is 13.0 Å². The van der Waals surface area contributed by atoms with E-state index in [0.717, 1.165) is 44.9 Å². The quantitative estimate of drug-likeness (QED) is 0.816. The van der Waals surface area contributed by atoms with Crippen molar-refractivity contribution >= 4 is 10.3 Å². The van der Waals surface area contributed by atoms with Gasteiger partial charge in [0.2, 0.25) is 0 Å². The van der Waals surface area contributed by atoms with E-state index in [4.69, 9.17) is 4.18 Å². The van der Waals surface area contributed by atoms with Crippen molar-refractivity contribution < 1.29 is 17.7 Å². The fourth-order valence-electron chi connectivity index (χ4n) is 7.91. The van der Waals surface area contributed by atoms with E-state index in [9.17, 15) is 13.5 Å². The lowest BCUT2D eigenvalue weighted by Gasteiger charge is -2.52. The van der Waals surface area contributed by atoms with E-state index in [1.807, 2.05) is 12.1 Å².